The van der Waals surface area contributed by atoms with Crippen LogP contribution >= 0.6 is 23.2 Å². The molecule has 0 atom stereocenters. The number of sulfonamides is 1. The molecule has 7 heteroatoms. The summed E-state index contributed by atoms with van der Waals surface area (Å²) < 4.78 is 28.1. The fourth-order valence-corrected chi connectivity index (χ4v) is 5.04. The molecule has 1 aliphatic carbocycles. The van der Waals surface area contributed by atoms with Crippen LogP contribution in [0.3, 0.4) is 0 Å². The lowest BCUT2D eigenvalue weighted by Gasteiger charge is -2.41. The van der Waals surface area contributed by atoms with E-state index >= 15 is 0 Å². The zero-order chi connectivity index (χ0) is 15.7. The summed E-state index contributed by atoms with van der Waals surface area (Å²) in [5.41, 5.74) is 0.285. The number of halogens is 2. The van der Waals surface area contributed by atoms with Crippen LogP contribution < -0.4 is 10.0 Å². The first-order valence-electron chi connectivity index (χ1n) is 7.01. The summed E-state index contributed by atoms with van der Waals surface area (Å²) in [6.45, 7) is 2.41. The lowest BCUT2D eigenvalue weighted by molar-refractivity contribution is 0.214. The highest BCUT2D eigenvalue weighted by Crippen LogP contribution is 2.38. The van der Waals surface area contributed by atoms with E-state index in [0.717, 1.165) is 25.7 Å². The first kappa shape index (κ1) is 17.0. The summed E-state index contributed by atoms with van der Waals surface area (Å²) in [5.74, 6) is 0. The minimum atomic E-state index is -3.65. The zero-order valence-corrected chi connectivity index (χ0v) is 14.5. The average molecular weight is 351 g/mol. The third-order valence-corrected chi connectivity index (χ3v) is 6.65. The molecule has 1 aliphatic rings. The van der Waals surface area contributed by atoms with Crippen molar-refractivity contribution in [2.45, 2.75) is 49.6 Å². The molecule has 0 aromatic heterocycles. The van der Waals surface area contributed by atoms with E-state index in [9.17, 15) is 8.42 Å². The van der Waals surface area contributed by atoms with Crippen molar-refractivity contribution in [2.24, 2.45) is 0 Å². The maximum absolute atomic E-state index is 12.6. The predicted molar refractivity (Wildman–Crippen MR) is 86.4 cm³/mol. The van der Waals surface area contributed by atoms with Crippen molar-refractivity contribution >= 4 is 33.2 Å². The molecule has 0 aliphatic heterocycles. The molecule has 118 valence electrons. The van der Waals surface area contributed by atoms with E-state index in [2.05, 4.69) is 10.0 Å². The van der Waals surface area contributed by atoms with Gasteiger partial charge >= 0.3 is 0 Å². The Morgan fingerprint density at radius 3 is 2.43 bits per heavy atom. The highest BCUT2D eigenvalue weighted by molar-refractivity contribution is 7.89. The average Bonchev–Trinajstić information content (AvgIpc) is 2.38. The van der Waals surface area contributed by atoms with Gasteiger partial charge in [-0.2, -0.15) is 0 Å². The zero-order valence-electron chi connectivity index (χ0n) is 12.2. The second-order valence-corrected chi connectivity index (χ2v) is 7.90. The molecule has 1 aromatic rings. The minimum absolute atomic E-state index is 0.0959. The summed E-state index contributed by atoms with van der Waals surface area (Å²) in [6, 6.07) is 3.04. The van der Waals surface area contributed by atoms with Crippen LogP contribution in [0.25, 0.3) is 0 Å². The fraction of sp³-hybridized carbons (Fsp3) is 0.571. The van der Waals surface area contributed by atoms with Crippen LogP contribution in [0.4, 0.5) is 0 Å². The van der Waals surface area contributed by atoms with Gasteiger partial charge in [-0.1, -0.05) is 30.1 Å². The number of nitrogens with one attached hydrogen (secondary N) is 2. The molecule has 1 fully saturated rings. The van der Waals surface area contributed by atoms with Crippen LogP contribution in [0.2, 0.25) is 10.0 Å². The Hall–Kier alpha value is -0.330. The molecule has 0 bridgehead atoms. The molecule has 1 aromatic carbocycles. The van der Waals surface area contributed by atoms with Crippen molar-refractivity contribution in [2.75, 3.05) is 7.05 Å². The van der Waals surface area contributed by atoms with Gasteiger partial charge < -0.3 is 5.32 Å². The number of hydrogen-bond donors (Lipinski definition) is 2. The monoisotopic (exact) mass is 350 g/mol. The molecular formula is C14H20Cl2N2O2S. The SMILES string of the molecule is CCC1(NS(=O)(=O)c2ccc(Cl)c(CNC)c2Cl)CCC1. The van der Waals surface area contributed by atoms with Gasteiger partial charge in [-0.05, 0) is 44.9 Å². The van der Waals surface area contributed by atoms with E-state index in [4.69, 9.17) is 23.2 Å². The normalized spacial score (nSPS) is 17.5. The Bertz CT molecular complexity index is 623. The second-order valence-electron chi connectivity index (χ2n) is 5.46. The Balaban J connectivity index is 2.38. The third-order valence-electron chi connectivity index (χ3n) is 4.13. The van der Waals surface area contributed by atoms with E-state index < -0.39 is 10.0 Å². The predicted octanol–water partition coefficient (Wildman–Crippen LogP) is 3.32. The van der Waals surface area contributed by atoms with Crippen LogP contribution in [-0.4, -0.2) is 21.0 Å². The van der Waals surface area contributed by atoms with Gasteiger partial charge in [0.05, 0.1) is 5.02 Å². The maximum Gasteiger partial charge on any atom is 0.242 e. The summed E-state index contributed by atoms with van der Waals surface area (Å²) in [4.78, 5) is 0.0959. The third kappa shape index (κ3) is 3.37. The van der Waals surface area contributed by atoms with E-state index in [1.54, 1.807) is 13.1 Å². The lowest BCUT2D eigenvalue weighted by Crippen LogP contribution is -2.52. The first-order chi connectivity index (χ1) is 9.85. The molecule has 0 amide bonds. The largest absolute Gasteiger partial charge is 0.316 e. The number of hydrogen-bond acceptors (Lipinski definition) is 3. The van der Waals surface area contributed by atoms with E-state index in [1.165, 1.54) is 6.07 Å². The lowest BCUT2D eigenvalue weighted by atomic mass is 9.76. The first-order valence-corrected chi connectivity index (χ1v) is 9.24. The van der Waals surface area contributed by atoms with Gasteiger partial charge in [0.25, 0.3) is 0 Å². The maximum atomic E-state index is 12.6. The van der Waals surface area contributed by atoms with Crippen molar-refractivity contribution in [3.63, 3.8) is 0 Å². The van der Waals surface area contributed by atoms with Gasteiger partial charge in [0.1, 0.15) is 4.90 Å². The van der Waals surface area contributed by atoms with Crippen molar-refractivity contribution < 1.29 is 8.42 Å². The Morgan fingerprint density at radius 2 is 1.95 bits per heavy atom. The molecule has 0 unspecified atom stereocenters. The topological polar surface area (TPSA) is 58.2 Å². The van der Waals surface area contributed by atoms with E-state index in [0.29, 0.717) is 17.1 Å². The van der Waals surface area contributed by atoms with Crippen LogP contribution in [0.1, 0.15) is 38.2 Å². The molecule has 0 saturated heterocycles. The van der Waals surface area contributed by atoms with Crippen LogP contribution in [0.15, 0.2) is 17.0 Å². The van der Waals surface area contributed by atoms with Crippen LogP contribution in [0.5, 0.6) is 0 Å². The van der Waals surface area contributed by atoms with Crippen LogP contribution in [0, 0.1) is 0 Å². The van der Waals surface area contributed by atoms with Crippen molar-refractivity contribution in [3.05, 3.63) is 27.7 Å². The molecular weight excluding hydrogens is 331 g/mol. The molecule has 0 radical (unpaired) electrons. The number of rotatable bonds is 6. The summed E-state index contributed by atoms with van der Waals surface area (Å²) in [7, 11) is -1.89. The van der Waals surface area contributed by atoms with Crippen molar-refractivity contribution in [1.82, 2.24) is 10.0 Å². The molecule has 1 saturated carbocycles. The van der Waals surface area contributed by atoms with Gasteiger partial charge in [-0.15, -0.1) is 0 Å². The number of benzene rings is 1. The van der Waals surface area contributed by atoms with Crippen LogP contribution in [-0.2, 0) is 16.6 Å². The molecule has 0 spiro atoms. The van der Waals surface area contributed by atoms with Crippen molar-refractivity contribution in [1.29, 1.82) is 0 Å². The highest BCUT2D eigenvalue weighted by Gasteiger charge is 2.39. The summed E-state index contributed by atoms with van der Waals surface area (Å²) >= 11 is 12.4. The Kier molecular flexibility index (Phi) is 5.21. The van der Waals surface area contributed by atoms with Gasteiger partial charge in [0.15, 0.2) is 0 Å². The Morgan fingerprint density at radius 1 is 1.29 bits per heavy atom. The van der Waals surface area contributed by atoms with E-state index in [1.807, 2.05) is 6.92 Å². The molecule has 2 N–H and O–H groups in total. The van der Waals surface area contributed by atoms with Gasteiger partial charge in [0.2, 0.25) is 10.0 Å². The van der Waals surface area contributed by atoms with Gasteiger partial charge in [0, 0.05) is 22.7 Å². The Labute approximate surface area is 136 Å². The standard InChI is InChI=1S/C14H20Cl2N2O2S/c1-3-14(7-4-8-14)18-21(19,20)12-6-5-11(15)10(9-17-2)13(12)16/h5-6,17-18H,3-4,7-9H2,1-2H3. The molecule has 0 heterocycles. The smallest absolute Gasteiger partial charge is 0.242 e. The fourth-order valence-electron chi connectivity index (χ4n) is 2.59. The van der Waals surface area contributed by atoms with E-state index in [-0.39, 0.29) is 15.5 Å². The molecule has 21 heavy (non-hydrogen) atoms. The highest BCUT2D eigenvalue weighted by atomic mass is 35.5. The quantitative estimate of drug-likeness (QED) is 0.827. The molecule has 2 rings (SSSR count). The van der Waals surface area contributed by atoms with Crippen molar-refractivity contribution in [3.8, 4) is 0 Å². The summed E-state index contributed by atoms with van der Waals surface area (Å²) in [6.07, 6.45) is 3.57. The summed E-state index contributed by atoms with van der Waals surface area (Å²) in [5, 5.41) is 3.59. The molecule has 4 nitrogen and oxygen atoms in total. The van der Waals surface area contributed by atoms with Gasteiger partial charge in [-0.3, -0.25) is 0 Å². The second kappa shape index (κ2) is 6.42. The van der Waals surface area contributed by atoms with Gasteiger partial charge in [-0.25, -0.2) is 13.1 Å². The minimum Gasteiger partial charge on any atom is -0.316 e.